The standard InChI is InChI=1S/C16H11F2N3O2S/c1-23-10-4-5-19-13(7-10)15(22)21-16-20-14(8-24-16)9-2-3-11(17)12(18)6-9/h2-8H,1H3,(H,20,21,22). The molecule has 0 fully saturated rings. The van der Waals surface area contributed by atoms with E-state index in [0.29, 0.717) is 22.1 Å². The largest absolute Gasteiger partial charge is 0.497 e. The van der Waals surface area contributed by atoms with Gasteiger partial charge in [-0.05, 0) is 24.3 Å². The van der Waals surface area contributed by atoms with Gasteiger partial charge in [0.1, 0.15) is 11.4 Å². The number of carbonyl (C=O) groups excluding carboxylic acids is 1. The molecular weight excluding hydrogens is 336 g/mol. The molecule has 2 heterocycles. The van der Waals surface area contributed by atoms with Gasteiger partial charge < -0.3 is 4.74 Å². The topological polar surface area (TPSA) is 64.1 Å². The number of nitrogens with one attached hydrogen (secondary N) is 1. The fraction of sp³-hybridized carbons (Fsp3) is 0.0625. The fourth-order valence-electron chi connectivity index (χ4n) is 1.94. The van der Waals surface area contributed by atoms with Crippen LogP contribution in [0.3, 0.4) is 0 Å². The maximum absolute atomic E-state index is 13.3. The Morgan fingerprint density at radius 1 is 1.21 bits per heavy atom. The van der Waals surface area contributed by atoms with Crippen LogP contribution >= 0.6 is 11.3 Å². The van der Waals surface area contributed by atoms with Gasteiger partial charge in [-0.2, -0.15) is 0 Å². The Hall–Kier alpha value is -2.87. The first kappa shape index (κ1) is 16.0. The fourth-order valence-corrected chi connectivity index (χ4v) is 2.66. The molecule has 1 N–H and O–H groups in total. The smallest absolute Gasteiger partial charge is 0.276 e. The summed E-state index contributed by atoms with van der Waals surface area (Å²) in [6, 6.07) is 6.63. The van der Waals surface area contributed by atoms with E-state index in [1.54, 1.807) is 11.4 Å². The molecular formula is C16H11F2N3O2S. The van der Waals surface area contributed by atoms with Crippen LogP contribution in [0.5, 0.6) is 5.75 Å². The van der Waals surface area contributed by atoms with E-state index in [9.17, 15) is 13.6 Å². The van der Waals surface area contributed by atoms with Crippen LogP contribution in [0.15, 0.2) is 41.9 Å². The Morgan fingerprint density at radius 3 is 2.79 bits per heavy atom. The molecule has 0 unspecified atom stereocenters. The van der Waals surface area contributed by atoms with Crippen molar-refractivity contribution >= 4 is 22.4 Å². The number of hydrogen-bond acceptors (Lipinski definition) is 5. The summed E-state index contributed by atoms with van der Waals surface area (Å²) >= 11 is 1.17. The first-order valence-electron chi connectivity index (χ1n) is 6.79. The molecule has 1 aromatic carbocycles. The van der Waals surface area contributed by atoms with Crippen LogP contribution in [-0.2, 0) is 0 Å². The molecule has 24 heavy (non-hydrogen) atoms. The van der Waals surface area contributed by atoms with Gasteiger partial charge in [0.25, 0.3) is 5.91 Å². The molecule has 5 nitrogen and oxygen atoms in total. The van der Waals surface area contributed by atoms with Crippen LogP contribution in [0.1, 0.15) is 10.5 Å². The van der Waals surface area contributed by atoms with Crippen molar-refractivity contribution in [1.82, 2.24) is 9.97 Å². The molecule has 8 heteroatoms. The summed E-state index contributed by atoms with van der Waals surface area (Å²) < 4.78 is 31.3. The van der Waals surface area contributed by atoms with Crippen LogP contribution in [-0.4, -0.2) is 23.0 Å². The van der Waals surface area contributed by atoms with Crippen LogP contribution in [0.25, 0.3) is 11.3 Å². The average Bonchev–Trinajstić information content (AvgIpc) is 3.06. The van der Waals surface area contributed by atoms with E-state index in [-0.39, 0.29) is 5.69 Å². The monoisotopic (exact) mass is 347 g/mol. The molecule has 3 rings (SSSR count). The van der Waals surface area contributed by atoms with E-state index in [4.69, 9.17) is 4.74 Å². The van der Waals surface area contributed by atoms with E-state index >= 15 is 0 Å². The summed E-state index contributed by atoms with van der Waals surface area (Å²) in [6.07, 6.45) is 1.46. The highest BCUT2D eigenvalue weighted by Crippen LogP contribution is 2.26. The number of rotatable bonds is 4. The normalized spacial score (nSPS) is 10.5. The lowest BCUT2D eigenvalue weighted by Gasteiger charge is -2.03. The van der Waals surface area contributed by atoms with Crippen molar-refractivity contribution in [1.29, 1.82) is 0 Å². The molecule has 1 amide bonds. The summed E-state index contributed by atoms with van der Waals surface area (Å²) in [5.41, 5.74) is 1.04. The molecule has 0 saturated heterocycles. The second kappa shape index (κ2) is 6.71. The molecule has 0 aliphatic heterocycles. The van der Waals surface area contributed by atoms with Gasteiger partial charge in [-0.1, -0.05) is 0 Å². The maximum Gasteiger partial charge on any atom is 0.276 e. The van der Waals surface area contributed by atoms with Gasteiger partial charge in [0.05, 0.1) is 12.8 Å². The number of aromatic nitrogens is 2. The van der Waals surface area contributed by atoms with E-state index in [1.807, 2.05) is 0 Å². The number of halogens is 2. The Kier molecular flexibility index (Phi) is 4.48. The number of anilines is 1. The summed E-state index contributed by atoms with van der Waals surface area (Å²) in [5.74, 6) is -1.81. The SMILES string of the molecule is COc1ccnc(C(=O)Nc2nc(-c3ccc(F)c(F)c3)cs2)c1. The number of pyridine rings is 1. The third kappa shape index (κ3) is 3.38. The lowest BCUT2D eigenvalue weighted by Crippen LogP contribution is -2.13. The van der Waals surface area contributed by atoms with Crippen LogP contribution < -0.4 is 10.1 Å². The minimum Gasteiger partial charge on any atom is -0.497 e. The van der Waals surface area contributed by atoms with Gasteiger partial charge in [0, 0.05) is 23.2 Å². The minimum atomic E-state index is -0.952. The molecule has 0 spiro atoms. The Bertz CT molecular complexity index is 899. The summed E-state index contributed by atoms with van der Waals surface area (Å²) in [4.78, 5) is 20.3. The van der Waals surface area contributed by atoms with Crippen molar-refractivity contribution in [2.24, 2.45) is 0 Å². The first-order valence-corrected chi connectivity index (χ1v) is 7.67. The van der Waals surface area contributed by atoms with Crippen LogP contribution in [0.2, 0.25) is 0 Å². The second-order valence-corrected chi connectivity index (χ2v) is 5.56. The molecule has 0 saturated carbocycles. The third-order valence-corrected chi connectivity index (χ3v) is 3.90. The lowest BCUT2D eigenvalue weighted by atomic mass is 10.2. The van der Waals surface area contributed by atoms with Crippen LogP contribution in [0, 0.1) is 11.6 Å². The van der Waals surface area contributed by atoms with Crippen molar-refractivity contribution in [3.05, 3.63) is 59.2 Å². The summed E-state index contributed by atoms with van der Waals surface area (Å²) in [7, 11) is 1.49. The molecule has 3 aromatic rings. The van der Waals surface area contributed by atoms with Gasteiger partial charge in [-0.25, -0.2) is 13.8 Å². The second-order valence-electron chi connectivity index (χ2n) is 4.70. The van der Waals surface area contributed by atoms with Crippen molar-refractivity contribution in [3.63, 3.8) is 0 Å². The van der Waals surface area contributed by atoms with E-state index in [2.05, 4.69) is 15.3 Å². The molecule has 0 radical (unpaired) electrons. The number of amides is 1. The summed E-state index contributed by atoms with van der Waals surface area (Å²) in [6.45, 7) is 0. The van der Waals surface area contributed by atoms with Crippen molar-refractivity contribution in [3.8, 4) is 17.0 Å². The quantitative estimate of drug-likeness (QED) is 0.781. The third-order valence-electron chi connectivity index (χ3n) is 3.14. The van der Waals surface area contributed by atoms with Crippen molar-refractivity contribution in [2.75, 3.05) is 12.4 Å². The summed E-state index contributed by atoms with van der Waals surface area (Å²) in [5, 5.41) is 4.57. The van der Waals surface area contributed by atoms with Gasteiger partial charge >= 0.3 is 0 Å². The molecule has 122 valence electrons. The number of ether oxygens (including phenoxy) is 1. The van der Waals surface area contributed by atoms with Crippen molar-refractivity contribution < 1.29 is 18.3 Å². The number of hydrogen-bond donors (Lipinski definition) is 1. The Morgan fingerprint density at radius 2 is 2.04 bits per heavy atom. The minimum absolute atomic E-state index is 0.180. The first-order chi connectivity index (χ1) is 11.6. The number of thiazole rings is 1. The number of nitrogens with zero attached hydrogens (tertiary/aromatic N) is 2. The van der Waals surface area contributed by atoms with Gasteiger partial charge in [-0.3, -0.25) is 15.1 Å². The van der Waals surface area contributed by atoms with Gasteiger partial charge in [-0.15, -0.1) is 11.3 Å². The van der Waals surface area contributed by atoms with E-state index in [0.717, 1.165) is 12.1 Å². The van der Waals surface area contributed by atoms with E-state index in [1.165, 1.54) is 36.8 Å². The zero-order valence-electron chi connectivity index (χ0n) is 12.4. The molecule has 0 aliphatic rings. The number of carbonyl (C=O) groups is 1. The van der Waals surface area contributed by atoms with Gasteiger partial charge in [0.2, 0.25) is 0 Å². The number of methoxy groups -OCH3 is 1. The number of benzene rings is 1. The molecule has 0 atom stereocenters. The van der Waals surface area contributed by atoms with Gasteiger partial charge in [0.15, 0.2) is 16.8 Å². The highest BCUT2D eigenvalue weighted by molar-refractivity contribution is 7.14. The lowest BCUT2D eigenvalue weighted by molar-refractivity contribution is 0.102. The van der Waals surface area contributed by atoms with Crippen LogP contribution in [0.4, 0.5) is 13.9 Å². The predicted octanol–water partition coefficient (Wildman–Crippen LogP) is 3.74. The maximum atomic E-state index is 13.3. The Balaban J connectivity index is 1.78. The average molecular weight is 347 g/mol. The highest BCUT2D eigenvalue weighted by atomic mass is 32.1. The zero-order chi connectivity index (χ0) is 17.1. The molecule has 2 aromatic heterocycles. The Labute approximate surface area is 140 Å². The molecule has 0 bridgehead atoms. The van der Waals surface area contributed by atoms with E-state index < -0.39 is 17.5 Å². The predicted molar refractivity (Wildman–Crippen MR) is 86.2 cm³/mol. The zero-order valence-corrected chi connectivity index (χ0v) is 13.2. The highest BCUT2D eigenvalue weighted by Gasteiger charge is 2.13. The van der Waals surface area contributed by atoms with Crippen molar-refractivity contribution in [2.45, 2.75) is 0 Å². The molecule has 0 aliphatic carbocycles.